The zero-order chi connectivity index (χ0) is 25.4. The summed E-state index contributed by atoms with van der Waals surface area (Å²) < 4.78 is 35.8. The molecule has 10 nitrogen and oxygen atoms in total. The van der Waals surface area contributed by atoms with Crippen LogP contribution in [-0.4, -0.2) is 57.3 Å². The lowest BCUT2D eigenvalue weighted by molar-refractivity contribution is -0.149. The Morgan fingerprint density at radius 2 is 1.74 bits per heavy atom. The van der Waals surface area contributed by atoms with Gasteiger partial charge < -0.3 is 19.8 Å². The maximum absolute atomic E-state index is 12.7. The second-order valence-electron chi connectivity index (χ2n) is 7.66. The molecule has 0 bridgehead atoms. The van der Waals surface area contributed by atoms with Crippen LogP contribution in [-0.2, 0) is 30.8 Å². The van der Waals surface area contributed by atoms with Crippen LogP contribution in [0.3, 0.4) is 0 Å². The van der Waals surface area contributed by atoms with Gasteiger partial charge in [0.25, 0.3) is 11.8 Å². The van der Waals surface area contributed by atoms with Gasteiger partial charge in [0, 0.05) is 26.2 Å². The van der Waals surface area contributed by atoms with E-state index in [9.17, 15) is 22.8 Å². The number of nitrogens with one attached hydrogen (secondary N) is 2. The highest BCUT2D eigenvalue weighted by atomic mass is 32.2. The van der Waals surface area contributed by atoms with Crippen LogP contribution >= 0.6 is 0 Å². The zero-order valence-electron chi connectivity index (χ0n) is 19.1. The largest absolute Gasteiger partial charge is 0.459 e. The van der Waals surface area contributed by atoms with Gasteiger partial charge in [-0.25, -0.2) is 17.5 Å². The minimum atomic E-state index is -3.68. The first-order valence-corrected chi connectivity index (χ1v) is 12.0. The molecule has 0 radical (unpaired) electrons. The Hall–Kier alpha value is -3.96. The Labute approximate surface area is 202 Å². The number of anilines is 1. The molecule has 1 atom stereocenters. The molecule has 0 aliphatic heterocycles. The number of nitrogens with zero attached hydrogens (tertiary/aromatic N) is 1. The van der Waals surface area contributed by atoms with E-state index in [0.29, 0.717) is 0 Å². The van der Waals surface area contributed by atoms with Crippen molar-refractivity contribution in [2.75, 3.05) is 26.0 Å². The molecule has 2 aromatic carbocycles. The number of hydrogen-bond acceptors (Lipinski definition) is 7. The fourth-order valence-corrected chi connectivity index (χ4v) is 4.01. The lowest BCUT2D eigenvalue weighted by Crippen LogP contribution is -2.44. The minimum absolute atomic E-state index is 0.000795. The van der Waals surface area contributed by atoms with Crippen LogP contribution in [0, 0.1) is 0 Å². The van der Waals surface area contributed by atoms with E-state index in [2.05, 4.69) is 10.6 Å². The molecular weight excluding hydrogens is 474 g/mol. The molecule has 0 aliphatic carbocycles. The summed E-state index contributed by atoms with van der Waals surface area (Å²) in [5.74, 6) is -2.06. The lowest BCUT2D eigenvalue weighted by Gasteiger charge is -2.17. The van der Waals surface area contributed by atoms with Crippen molar-refractivity contribution in [3.05, 3.63) is 84.3 Å². The highest BCUT2D eigenvalue weighted by molar-refractivity contribution is 7.89. The molecule has 1 heterocycles. The number of sulfonamides is 1. The summed E-state index contributed by atoms with van der Waals surface area (Å²) in [7, 11) is -0.885. The van der Waals surface area contributed by atoms with E-state index in [1.165, 1.54) is 50.7 Å². The average molecular weight is 500 g/mol. The number of benzene rings is 2. The Kier molecular flexibility index (Phi) is 8.39. The van der Waals surface area contributed by atoms with Gasteiger partial charge in [0.2, 0.25) is 10.0 Å². The van der Waals surface area contributed by atoms with Gasteiger partial charge in [0.15, 0.2) is 12.4 Å². The fraction of sp³-hybridized carbons (Fsp3) is 0.208. The van der Waals surface area contributed by atoms with Gasteiger partial charge in [0.05, 0.1) is 11.2 Å². The van der Waals surface area contributed by atoms with Crippen LogP contribution in [0.25, 0.3) is 0 Å². The fourth-order valence-electron chi connectivity index (χ4n) is 3.06. The molecule has 0 saturated carbocycles. The average Bonchev–Trinajstić information content (AvgIpc) is 3.38. The third-order valence-corrected chi connectivity index (χ3v) is 6.67. The van der Waals surface area contributed by atoms with Gasteiger partial charge >= 0.3 is 5.97 Å². The van der Waals surface area contributed by atoms with Crippen molar-refractivity contribution in [1.82, 2.24) is 9.62 Å². The molecule has 3 aromatic rings. The molecule has 2 amide bonds. The van der Waals surface area contributed by atoms with Crippen molar-refractivity contribution < 1.29 is 32.0 Å². The number of furan rings is 1. The number of carbonyl (C=O) groups is 3. The highest BCUT2D eigenvalue weighted by Gasteiger charge is 2.25. The van der Waals surface area contributed by atoms with Crippen molar-refractivity contribution in [3.63, 3.8) is 0 Å². The maximum atomic E-state index is 12.7. The van der Waals surface area contributed by atoms with E-state index < -0.39 is 40.5 Å². The van der Waals surface area contributed by atoms with E-state index in [4.69, 9.17) is 9.15 Å². The summed E-state index contributed by atoms with van der Waals surface area (Å²) in [4.78, 5) is 37.5. The first kappa shape index (κ1) is 25.7. The molecule has 0 saturated heterocycles. The van der Waals surface area contributed by atoms with E-state index >= 15 is 0 Å². The van der Waals surface area contributed by atoms with Gasteiger partial charge in [-0.3, -0.25) is 9.59 Å². The smallest absolute Gasteiger partial charge is 0.329 e. The first-order chi connectivity index (χ1) is 16.7. The predicted octanol–water partition coefficient (Wildman–Crippen LogP) is 2.05. The van der Waals surface area contributed by atoms with Crippen LogP contribution in [0.5, 0.6) is 0 Å². The van der Waals surface area contributed by atoms with Gasteiger partial charge in [-0.05, 0) is 35.9 Å². The van der Waals surface area contributed by atoms with Gasteiger partial charge in [0.1, 0.15) is 6.04 Å². The number of carbonyl (C=O) groups excluding carboxylic acids is 3. The molecule has 1 aromatic heterocycles. The molecule has 2 N–H and O–H groups in total. The SMILES string of the molecule is CN(C)S(=O)(=O)c1cccc(NC(=O)COC(=O)[C@H](Cc2ccccc2)NC(=O)c2ccco2)c1. The van der Waals surface area contributed by atoms with Crippen molar-refractivity contribution in [1.29, 1.82) is 0 Å². The molecule has 0 aliphatic rings. The Morgan fingerprint density at radius 3 is 2.40 bits per heavy atom. The second kappa shape index (κ2) is 11.4. The van der Waals surface area contributed by atoms with Crippen molar-refractivity contribution >= 4 is 33.5 Å². The standard InChI is InChI=1S/C24H25N3O7S/c1-27(2)35(31,32)19-11-6-10-18(15-19)25-22(28)16-34-24(30)20(14-17-8-4-3-5-9-17)26-23(29)21-12-7-13-33-21/h3-13,15,20H,14,16H2,1-2H3,(H,25,28)(H,26,29)/t20-/m0/s1. The summed E-state index contributed by atoms with van der Waals surface area (Å²) in [6.45, 7) is -0.634. The molecule has 184 valence electrons. The Morgan fingerprint density at radius 1 is 1.00 bits per heavy atom. The first-order valence-electron chi connectivity index (χ1n) is 10.5. The number of hydrogen-bond donors (Lipinski definition) is 2. The number of amides is 2. The molecule has 11 heteroatoms. The number of ether oxygens (including phenoxy) is 1. The Balaban J connectivity index is 1.64. The molecular formula is C24H25N3O7S. The summed E-state index contributed by atoms with van der Waals surface area (Å²) in [5, 5.41) is 5.06. The van der Waals surface area contributed by atoms with Crippen LogP contribution in [0.2, 0.25) is 0 Å². The van der Waals surface area contributed by atoms with Crippen LogP contribution in [0.4, 0.5) is 5.69 Å². The van der Waals surface area contributed by atoms with E-state index in [1.54, 1.807) is 30.3 Å². The molecule has 0 fully saturated rings. The molecule has 35 heavy (non-hydrogen) atoms. The lowest BCUT2D eigenvalue weighted by atomic mass is 10.1. The normalized spacial score (nSPS) is 12.1. The Bertz CT molecular complexity index is 1270. The topological polar surface area (TPSA) is 135 Å². The van der Waals surface area contributed by atoms with Crippen LogP contribution in [0.1, 0.15) is 16.1 Å². The monoisotopic (exact) mass is 499 g/mol. The van der Waals surface area contributed by atoms with E-state index in [-0.39, 0.29) is 22.8 Å². The third-order valence-electron chi connectivity index (χ3n) is 4.86. The zero-order valence-corrected chi connectivity index (χ0v) is 19.9. The van der Waals surface area contributed by atoms with Crippen LogP contribution < -0.4 is 10.6 Å². The molecule has 3 rings (SSSR count). The summed E-state index contributed by atoms with van der Waals surface area (Å²) >= 11 is 0. The predicted molar refractivity (Wildman–Crippen MR) is 127 cm³/mol. The van der Waals surface area contributed by atoms with Gasteiger partial charge in [-0.15, -0.1) is 0 Å². The van der Waals surface area contributed by atoms with E-state index in [1.807, 2.05) is 6.07 Å². The van der Waals surface area contributed by atoms with Gasteiger partial charge in [-0.2, -0.15) is 0 Å². The third kappa shape index (κ3) is 7.01. The second-order valence-corrected chi connectivity index (χ2v) is 9.82. The van der Waals surface area contributed by atoms with Crippen LogP contribution in [0.15, 0.2) is 82.3 Å². The van der Waals surface area contributed by atoms with Crippen molar-refractivity contribution in [2.45, 2.75) is 17.4 Å². The minimum Gasteiger partial charge on any atom is -0.459 e. The summed E-state index contributed by atoms with van der Waals surface area (Å²) in [5.41, 5.74) is 0.999. The highest BCUT2D eigenvalue weighted by Crippen LogP contribution is 2.18. The maximum Gasteiger partial charge on any atom is 0.329 e. The summed E-state index contributed by atoms with van der Waals surface area (Å²) in [6, 6.07) is 16.6. The van der Waals surface area contributed by atoms with Gasteiger partial charge in [-0.1, -0.05) is 36.4 Å². The summed E-state index contributed by atoms with van der Waals surface area (Å²) in [6.07, 6.45) is 1.47. The quantitative estimate of drug-likeness (QED) is 0.408. The molecule has 0 unspecified atom stereocenters. The number of rotatable bonds is 10. The molecule has 0 spiro atoms. The number of esters is 1. The van der Waals surface area contributed by atoms with E-state index in [0.717, 1.165) is 9.87 Å². The van der Waals surface area contributed by atoms with Crippen molar-refractivity contribution in [2.24, 2.45) is 0 Å². The van der Waals surface area contributed by atoms with Crippen molar-refractivity contribution in [3.8, 4) is 0 Å².